The number of benzene rings is 1. The predicted molar refractivity (Wildman–Crippen MR) is 78.9 cm³/mol. The van der Waals surface area contributed by atoms with Gasteiger partial charge in [-0.05, 0) is 24.6 Å². The van der Waals surface area contributed by atoms with Crippen molar-refractivity contribution in [3.8, 4) is 11.5 Å². The normalized spacial score (nSPS) is 18.5. The first-order valence-electron chi connectivity index (χ1n) is 7.19. The second-order valence-electron chi connectivity index (χ2n) is 5.04. The summed E-state index contributed by atoms with van der Waals surface area (Å²) in [6, 6.07) is 9.45. The fourth-order valence-corrected chi connectivity index (χ4v) is 2.59. The molecule has 2 aromatic rings. The highest BCUT2D eigenvalue weighted by atomic mass is 16.6. The van der Waals surface area contributed by atoms with Gasteiger partial charge in [-0.15, -0.1) is 0 Å². The molecule has 2 atom stereocenters. The molecule has 0 fully saturated rings. The number of hydrazine groups is 1. The van der Waals surface area contributed by atoms with Crippen LogP contribution in [0.4, 0.5) is 0 Å². The first kappa shape index (κ1) is 13.9. The molecule has 0 amide bonds. The Labute approximate surface area is 123 Å². The molecule has 1 aliphatic rings. The molecule has 1 aromatic carbocycles. The molecule has 2 unspecified atom stereocenters. The van der Waals surface area contributed by atoms with E-state index in [-0.39, 0.29) is 12.1 Å². The minimum atomic E-state index is -0.197. The molecule has 3 rings (SSSR count). The van der Waals surface area contributed by atoms with Crippen molar-refractivity contribution >= 4 is 0 Å². The number of aromatic nitrogens is 2. The van der Waals surface area contributed by atoms with Gasteiger partial charge in [0.05, 0.1) is 5.69 Å². The lowest BCUT2D eigenvalue weighted by Crippen LogP contribution is -2.45. The van der Waals surface area contributed by atoms with E-state index in [4.69, 9.17) is 15.3 Å². The molecule has 0 bridgehead atoms. The number of para-hydroxylation sites is 2. The summed E-state index contributed by atoms with van der Waals surface area (Å²) in [4.78, 5) is 0. The standard InChI is InChI=1S/C15H20N4O2/c1-2-9-19-11(7-8-17-19)15(18-16)14-10-20-12-5-3-4-6-13(12)21-14/h3-8,14-15,18H,2,9-10,16H2,1H3. The summed E-state index contributed by atoms with van der Waals surface area (Å²) < 4.78 is 13.8. The topological polar surface area (TPSA) is 74.3 Å². The van der Waals surface area contributed by atoms with Gasteiger partial charge in [0, 0.05) is 12.7 Å². The highest BCUT2D eigenvalue weighted by Gasteiger charge is 2.31. The van der Waals surface area contributed by atoms with Gasteiger partial charge >= 0.3 is 0 Å². The van der Waals surface area contributed by atoms with Gasteiger partial charge in [-0.2, -0.15) is 5.10 Å². The first-order valence-corrected chi connectivity index (χ1v) is 7.19. The third-order valence-electron chi connectivity index (χ3n) is 3.59. The van der Waals surface area contributed by atoms with Crippen LogP contribution in [0.15, 0.2) is 36.5 Å². The second-order valence-corrected chi connectivity index (χ2v) is 5.04. The van der Waals surface area contributed by atoms with Gasteiger partial charge in [-0.3, -0.25) is 10.5 Å². The number of nitrogens with zero attached hydrogens (tertiary/aromatic N) is 2. The summed E-state index contributed by atoms with van der Waals surface area (Å²) in [5, 5.41) is 4.34. The van der Waals surface area contributed by atoms with E-state index >= 15 is 0 Å². The van der Waals surface area contributed by atoms with Crippen molar-refractivity contribution < 1.29 is 9.47 Å². The number of nitrogens with one attached hydrogen (secondary N) is 1. The number of nitrogens with two attached hydrogens (primary N) is 1. The predicted octanol–water partition coefficient (Wildman–Crippen LogP) is 1.64. The maximum atomic E-state index is 6.03. The van der Waals surface area contributed by atoms with Crippen LogP contribution in [-0.4, -0.2) is 22.5 Å². The SMILES string of the molecule is CCCn1nccc1C(NN)C1COc2ccccc2O1. The van der Waals surface area contributed by atoms with E-state index in [1.165, 1.54) is 0 Å². The molecule has 0 saturated heterocycles. The Bertz CT molecular complexity index is 599. The Morgan fingerprint density at radius 3 is 2.95 bits per heavy atom. The van der Waals surface area contributed by atoms with Crippen LogP contribution in [0.5, 0.6) is 11.5 Å². The van der Waals surface area contributed by atoms with E-state index in [1.54, 1.807) is 6.20 Å². The van der Waals surface area contributed by atoms with Crippen LogP contribution in [0.1, 0.15) is 25.1 Å². The second kappa shape index (κ2) is 6.15. The molecule has 0 radical (unpaired) electrons. The Balaban J connectivity index is 1.83. The van der Waals surface area contributed by atoms with Gasteiger partial charge < -0.3 is 9.47 Å². The van der Waals surface area contributed by atoms with Crippen molar-refractivity contribution in [2.45, 2.75) is 32.0 Å². The number of hydrogen-bond donors (Lipinski definition) is 2. The van der Waals surface area contributed by atoms with Crippen molar-refractivity contribution in [3.05, 3.63) is 42.2 Å². The summed E-state index contributed by atoms with van der Waals surface area (Å²) in [6.45, 7) is 3.42. The third-order valence-corrected chi connectivity index (χ3v) is 3.59. The van der Waals surface area contributed by atoms with Crippen LogP contribution in [0, 0.1) is 0 Å². The maximum absolute atomic E-state index is 6.03. The smallest absolute Gasteiger partial charge is 0.161 e. The number of fused-ring (bicyclic) bond motifs is 1. The molecular formula is C15H20N4O2. The van der Waals surface area contributed by atoms with Gasteiger partial charge in [0.2, 0.25) is 0 Å². The Kier molecular flexibility index (Phi) is 4.08. The number of hydrogen-bond acceptors (Lipinski definition) is 5. The lowest BCUT2D eigenvalue weighted by molar-refractivity contribution is 0.0591. The van der Waals surface area contributed by atoms with Crippen molar-refractivity contribution in [1.82, 2.24) is 15.2 Å². The highest BCUT2D eigenvalue weighted by molar-refractivity contribution is 5.41. The quantitative estimate of drug-likeness (QED) is 0.646. The number of ether oxygens (including phenoxy) is 2. The number of rotatable bonds is 5. The minimum Gasteiger partial charge on any atom is -0.486 e. The molecule has 112 valence electrons. The average molecular weight is 288 g/mol. The molecule has 1 aliphatic heterocycles. The summed E-state index contributed by atoms with van der Waals surface area (Å²) in [6.07, 6.45) is 2.60. The Morgan fingerprint density at radius 2 is 2.19 bits per heavy atom. The fraction of sp³-hybridized carbons (Fsp3) is 0.400. The van der Waals surface area contributed by atoms with Gasteiger partial charge in [-0.1, -0.05) is 19.1 Å². The van der Waals surface area contributed by atoms with Crippen LogP contribution in [0.2, 0.25) is 0 Å². The fourth-order valence-electron chi connectivity index (χ4n) is 2.59. The Hall–Kier alpha value is -2.05. The Morgan fingerprint density at radius 1 is 1.38 bits per heavy atom. The largest absolute Gasteiger partial charge is 0.486 e. The van der Waals surface area contributed by atoms with Crippen molar-refractivity contribution in [2.24, 2.45) is 5.84 Å². The summed E-state index contributed by atoms with van der Waals surface area (Å²) in [5.74, 6) is 7.27. The summed E-state index contributed by atoms with van der Waals surface area (Å²) >= 11 is 0. The molecule has 3 N–H and O–H groups in total. The maximum Gasteiger partial charge on any atom is 0.161 e. The van der Waals surface area contributed by atoms with E-state index in [2.05, 4.69) is 17.4 Å². The van der Waals surface area contributed by atoms with E-state index in [0.717, 1.165) is 30.2 Å². The van der Waals surface area contributed by atoms with Gasteiger partial charge in [-0.25, -0.2) is 5.43 Å². The lowest BCUT2D eigenvalue weighted by atomic mass is 10.1. The molecule has 0 saturated carbocycles. The van der Waals surface area contributed by atoms with Crippen LogP contribution < -0.4 is 20.7 Å². The third kappa shape index (κ3) is 2.72. The van der Waals surface area contributed by atoms with E-state index in [9.17, 15) is 0 Å². The molecule has 2 heterocycles. The average Bonchev–Trinajstić information content (AvgIpc) is 2.97. The van der Waals surface area contributed by atoms with Gasteiger partial charge in [0.1, 0.15) is 12.6 Å². The molecule has 1 aromatic heterocycles. The van der Waals surface area contributed by atoms with Crippen molar-refractivity contribution in [3.63, 3.8) is 0 Å². The summed E-state index contributed by atoms with van der Waals surface area (Å²) in [5.41, 5.74) is 3.84. The zero-order valence-electron chi connectivity index (χ0n) is 12.0. The zero-order chi connectivity index (χ0) is 14.7. The van der Waals surface area contributed by atoms with Gasteiger partial charge in [0.25, 0.3) is 0 Å². The minimum absolute atomic E-state index is 0.174. The van der Waals surface area contributed by atoms with Crippen LogP contribution >= 0.6 is 0 Å². The van der Waals surface area contributed by atoms with Crippen molar-refractivity contribution in [2.75, 3.05) is 6.61 Å². The zero-order valence-corrected chi connectivity index (χ0v) is 12.0. The van der Waals surface area contributed by atoms with Crippen LogP contribution in [0.3, 0.4) is 0 Å². The molecule has 6 heteroatoms. The summed E-state index contributed by atoms with van der Waals surface area (Å²) in [7, 11) is 0. The van der Waals surface area contributed by atoms with Crippen molar-refractivity contribution in [1.29, 1.82) is 0 Å². The first-order chi connectivity index (χ1) is 10.3. The van der Waals surface area contributed by atoms with E-state index in [1.807, 2.05) is 35.0 Å². The van der Waals surface area contributed by atoms with Crippen LogP contribution in [-0.2, 0) is 6.54 Å². The van der Waals surface area contributed by atoms with E-state index < -0.39 is 0 Å². The monoisotopic (exact) mass is 288 g/mol. The molecular weight excluding hydrogens is 268 g/mol. The van der Waals surface area contributed by atoms with Crippen LogP contribution in [0.25, 0.3) is 0 Å². The molecule has 21 heavy (non-hydrogen) atoms. The number of aryl methyl sites for hydroxylation is 1. The van der Waals surface area contributed by atoms with E-state index in [0.29, 0.717) is 6.61 Å². The highest BCUT2D eigenvalue weighted by Crippen LogP contribution is 2.34. The molecule has 6 nitrogen and oxygen atoms in total. The van der Waals surface area contributed by atoms with Gasteiger partial charge in [0.15, 0.2) is 17.6 Å². The molecule has 0 spiro atoms. The molecule has 0 aliphatic carbocycles. The lowest BCUT2D eigenvalue weighted by Gasteiger charge is -2.32.